The standard InChI is InChI=1S/C28H37N4O10P/c1-7-18(4)24(34)41-23-21(40-26(28(23,6)16-29)32-14-13-22(33)30-27(32)36)15-38-43(37,42-20-11-9-8-10-12-20)31-19(5)25(35)39-17(2)3/h8-14,17-19,21,23,26H,7,15H2,1-6H3,(H,31,37)(H,30,33,36)/t18?,19-,21+,23+,26+,28+,43?/m0/s1. The number of aromatic nitrogens is 2. The first-order valence-electron chi connectivity index (χ1n) is 13.8. The van der Waals surface area contributed by atoms with Crippen LogP contribution in [0.2, 0.25) is 0 Å². The van der Waals surface area contributed by atoms with E-state index in [2.05, 4.69) is 16.1 Å². The Bertz CT molecular complexity index is 1490. The number of carbonyl (C=O) groups is 2. The van der Waals surface area contributed by atoms with E-state index in [0.717, 1.165) is 16.8 Å². The molecule has 7 atom stereocenters. The quantitative estimate of drug-likeness (QED) is 0.246. The smallest absolute Gasteiger partial charge is 0.459 e. The highest BCUT2D eigenvalue weighted by molar-refractivity contribution is 7.52. The number of benzene rings is 1. The number of esters is 2. The van der Waals surface area contributed by atoms with Crippen molar-refractivity contribution in [1.82, 2.24) is 14.6 Å². The molecule has 0 saturated carbocycles. The number of nitrogens with zero attached hydrogens (tertiary/aromatic N) is 2. The lowest BCUT2D eigenvalue weighted by Gasteiger charge is -2.30. The summed E-state index contributed by atoms with van der Waals surface area (Å²) >= 11 is 0. The molecule has 0 aliphatic carbocycles. The first kappa shape index (κ1) is 33.7. The second kappa shape index (κ2) is 14.1. The minimum Gasteiger partial charge on any atom is -0.462 e. The number of rotatable bonds is 13. The fourth-order valence-corrected chi connectivity index (χ4v) is 5.73. The number of para-hydroxylation sites is 1. The van der Waals surface area contributed by atoms with E-state index in [9.17, 15) is 29.0 Å². The van der Waals surface area contributed by atoms with Crippen LogP contribution in [0, 0.1) is 22.7 Å². The van der Waals surface area contributed by atoms with Gasteiger partial charge in [-0.15, -0.1) is 0 Å². The molecular weight excluding hydrogens is 583 g/mol. The maximum Gasteiger partial charge on any atom is 0.459 e. The monoisotopic (exact) mass is 620 g/mol. The summed E-state index contributed by atoms with van der Waals surface area (Å²) in [7, 11) is -4.36. The lowest BCUT2D eigenvalue weighted by molar-refractivity contribution is -0.160. The normalized spacial score (nSPS) is 24.4. The van der Waals surface area contributed by atoms with Gasteiger partial charge in [0.05, 0.1) is 24.7 Å². The number of aromatic amines is 1. The van der Waals surface area contributed by atoms with E-state index in [0.29, 0.717) is 6.42 Å². The van der Waals surface area contributed by atoms with Crippen LogP contribution < -0.4 is 20.9 Å². The third kappa shape index (κ3) is 8.20. The predicted octanol–water partition coefficient (Wildman–Crippen LogP) is 3.06. The Morgan fingerprint density at radius 1 is 1.16 bits per heavy atom. The van der Waals surface area contributed by atoms with Gasteiger partial charge < -0.3 is 18.7 Å². The number of nitrogens with one attached hydrogen (secondary N) is 2. The average Bonchev–Trinajstić information content (AvgIpc) is 3.22. The molecule has 1 aliphatic rings. The molecule has 1 aromatic heterocycles. The maximum atomic E-state index is 14.0. The molecule has 43 heavy (non-hydrogen) atoms. The molecule has 1 aliphatic heterocycles. The van der Waals surface area contributed by atoms with Crippen molar-refractivity contribution in [1.29, 1.82) is 5.26 Å². The second-order valence-corrected chi connectivity index (χ2v) is 12.3. The summed E-state index contributed by atoms with van der Waals surface area (Å²) in [5.74, 6) is -1.69. The zero-order chi connectivity index (χ0) is 31.9. The summed E-state index contributed by atoms with van der Waals surface area (Å²) in [5.41, 5.74) is -3.18. The van der Waals surface area contributed by atoms with Gasteiger partial charge in [0.1, 0.15) is 23.3 Å². The third-order valence-electron chi connectivity index (χ3n) is 6.78. The van der Waals surface area contributed by atoms with Crippen LogP contribution in [0.5, 0.6) is 5.75 Å². The Hall–Kier alpha value is -3.76. The van der Waals surface area contributed by atoms with Crippen LogP contribution in [-0.4, -0.2) is 52.5 Å². The van der Waals surface area contributed by atoms with Gasteiger partial charge in [-0.05, 0) is 46.2 Å². The molecule has 2 aromatic rings. The summed E-state index contributed by atoms with van der Waals surface area (Å²) in [6.45, 7) is 9.06. The molecule has 234 valence electrons. The maximum absolute atomic E-state index is 14.0. The topological polar surface area (TPSA) is 188 Å². The van der Waals surface area contributed by atoms with Crippen LogP contribution in [0.1, 0.15) is 54.2 Å². The lowest BCUT2D eigenvalue weighted by Crippen LogP contribution is -2.44. The van der Waals surface area contributed by atoms with Gasteiger partial charge in [0, 0.05) is 12.3 Å². The minimum atomic E-state index is -4.36. The van der Waals surface area contributed by atoms with E-state index < -0.39 is 79.5 Å². The average molecular weight is 621 g/mol. The molecule has 2 N–H and O–H groups in total. The zero-order valence-electron chi connectivity index (χ0n) is 24.8. The Labute approximate surface area is 248 Å². The van der Waals surface area contributed by atoms with Crippen molar-refractivity contribution < 1.29 is 37.4 Å². The Kier molecular flexibility index (Phi) is 11.1. The van der Waals surface area contributed by atoms with Crippen molar-refractivity contribution in [2.45, 2.75) is 78.5 Å². The summed E-state index contributed by atoms with van der Waals surface area (Å²) in [6.07, 6.45) is -2.71. The third-order valence-corrected chi connectivity index (χ3v) is 8.43. The number of hydrogen-bond donors (Lipinski definition) is 2. The van der Waals surface area contributed by atoms with Gasteiger partial charge >= 0.3 is 25.4 Å². The van der Waals surface area contributed by atoms with Crippen LogP contribution in [-0.2, 0) is 32.9 Å². The van der Waals surface area contributed by atoms with Crippen molar-refractivity contribution in [3.63, 3.8) is 0 Å². The van der Waals surface area contributed by atoms with Gasteiger partial charge in [-0.25, -0.2) is 9.36 Å². The van der Waals surface area contributed by atoms with Crippen LogP contribution >= 0.6 is 7.75 Å². The van der Waals surface area contributed by atoms with E-state index in [1.807, 2.05) is 0 Å². The highest BCUT2D eigenvalue weighted by Crippen LogP contribution is 2.50. The molecule has 1 saturated heterocycles. The predicted molar refractivity (Wildman–Crippen MR) is 153 cm³/mol. The summed E-state index contributed by atoms with van der Waals surface area (Å²) in [4.78, 5) is 51.8. The number of nitriles is 1. The molecule has 0 bridgehead atoms. The largest absolute Gasteiger partial charge is 0.462 e. The molecule has 3 rings (SSSR count). The number of ether oxygens (including phenoxy) is 3. The van der Waals surface area contributed by atoms with Gasteiger partial charge in [0.15, 0.2) is 12.3 Å². The Morgan fingerprint density at radius 3 is 2.42 bits per heavy atom. The molecular formula is C28H37N4O10P. The molecule has 0 amide bonds. The first-order chi connectivity index (χ1) is 20.2. The fraction of sp³-hybridized carbons (Fsp3) is 0.536. The highest BCUT2D eigenvalue weighted by atomic mass is 31.2. The first-order valence-corrected chi connectivity index (χ1v) is 15.3. The van der Waals surface area contributed by atoms with Gasteiger partial charge in [-0.1, -0.05) is 32.0 Å². The van der Waals surface area contributed by atoms with Gasteiger partial charge in [-0.2, -0.15) is 10.3 Å². The summed E-state index contributed by atoms with van der Waals surface area (Å²) in [6, 6.07) is 10.1. The highest BCUT2D eigenvalue weighted by Gasteiger charge is 2.58. The van der Waals surface area contributed by atoms with Crippen LogP contribution in [0.4, 0.5) is 0 Å². The van der Waals surface area contributed by atoms with Crippen LogP contribution in [0.15, 0.2) is 52.2 Å². The number of H-pyrrole nitrogens is 1. The summed E-state index contributed by atoms with van der Waals surface area (Å²) in [5, 5.41) is 12.8. The van der Waals surface area contributed by atoms with Crippen LogP contribution in [0.25, 0.3) is 0 Å². The zero-order valence-corrected chi connectivity index (χ0v) is 25.7. The molecule has 0 spiro atoms. The van der Waals surface area contributed by atoms with Gasteiger partial charge in [0.25, 0.3) is 5.56 Å². The van der Waals surface area contributed by atoms with Crippen molar-refractivity contribution >= 4 is 19.7 Å². The van der Waals surface area contributed by atoms with E-state index in [1.54, 1.807) is 45.9 Å². The van der Waals surface area contributed by atoms with Gasteiger partial charge in [-0.3, -0.25) is 28.5 Å². The minimum absolute atomic E-state index is 0.161. The van der Waals surface area contributed by atoms with Crippen molar-refractivity contribution in [2.24, 2.45) is 11.3 Å². The van der Waals surface area contributed by atoms with Crippen LogP contribution in [0.3, 0.4) is 0 Å². The molecule has 15 heteroatoms. The molecule has 0 radical (unpaired) electrons. The second-order valence-electron chi connectivity index (χ2n) is 10.6. The van der Waals surface area contributed by atoms with Crippen molar-refractivity contribution in [3.8, 4) is 11.8 Å². The van der Waals surface area contributed by atoms with Crippen molar-refractivity contribution in [2.75, 3.05) is 6.61 Å². The van der Waals surface area contributed by atoms with E-state index in [1.165, 1.54) is 26.0 Å². The molecule has 2 unspecified atom stereocenters. The van der Waals surface area contributed by atoms with E-state index >= 15 is 0 Å². The number of carbonyl (C=O) groups excluding carboxylic acids is 2. The molecule has 1 aromatic carbocycles. The lowest BCUT2D eigenvalue weighted by atomic mass is 9.83. The molecule has 14 nitrogen and oxygen atoms in total. The Balaban J connectivity index is 1.98. The number of hydrogen-bond acceptors (Lipinski definition) is 11. The molecule has 1 fully saturated rings. The Morgan fingerprint density at radius 2 is 1.84 bits per heavy atom. The van der Waals surface area contributed by atoms with Crippen molar-refractivity contribution in [3.05, 3.63) is 63.4 Å². The van der Waals surface area contributed by atoms with E-state index in [-0.39, 0.29) is 5.75 Å². The fourth-order valence-electron chi connectivity index (χ4n) is 4.23. The summed E-state index contributed by atoms with van der Waals surface area (Å²) < 4.78 is 43.5. The van der Waals surface area contributed by atoms with E-state index in [4.69, 9.17) is 23.3 Å². The molecule has 2 heterocycles. The van der Waals surface area contributed by atoms with Gasteiger partial charge in [0.2, 0.25) is 0 Å². The SMILES string of the molecule is CCC(C)C(=O)O[C@@H]1[C@@H](COP(=O)(N[C@@H](C)C(=O)OC(C)C)Oc2ccccc2)O[C@@H](n2ccc(=O)[nH]c2=O)[C@]1(C)C#N.